The molecule has 0 unspecified atom stereocenters. The normalized spacial score (nSPS) is 18.9. The Labute approximate surface area is 93.8 Å². The largest absolute Gasteiger partial charge is 0.356 e. The number of carbonyl (C=O) groups excluding carboxylic acids is 1. The third kappa shape index (κ3) is 5.81. The van der Waals surface area contributed by atoms with E-state index in [4.69, 9.17) is 0 Å². The first-order chi connectivity index (χ1) is 7.18. The quantitative estimate of drug-likeness (QED) is 0.711. The summed E-state index contributed by atoms with van der Waals surface area (Å²) in [6.07, 6.45) is 8.65. The summed E-state index contributed by atoms with van der Waals surface area (Å²) in [5.41, 5.74) is 0. The maximum atomic E-state index is 11.6. The number of hydrogen-bond acceptors (Lipinski definition) is 1. The molecule has 2 nitrogen and oxygen atoms in total. The van der Waals surface area contributed by atoms with Crippen LogP contribution in [0.25, 0.3) is 0 Å². The summed E-state index contributed by atoms with van der Waals surface area (Å²) in [5.74, 6) is 1.47. The van der Waals surface area contributed by atoms with Crippen LogP contribution < -0.4 is 5.32 Å². The molecule has 0 radical (unpaired) electrons. The summed E-state index contributed by atoms with van der Waals surface area (Å²) in [7, 11) is 0. The molecule has 0 heterocycles. The highest BCUT2D eigenvalue weighted by Crippen LogP contribution is 2.25. The van der Waals surface area contributed by atoms with Crippen molar-refractivity contribution in [1.29, 1.82) is 0 Å². The molecule has 0 spiro atoms. The topological polar surface area (TPSA) is 29.1 Å². The van der Waals surface area contributed by atoms with E-state index in [1.165, 1.54) is 38.5 Å². The molecule has 15 heavy (non-hydrogen) atoms. The molecule has 0 saturated heterocycles. The number of amides is 1. The van der Waals surface area contributed by atoms with Crippen molar-refractivity contribution in [1.82, 2.24) is 5.32 Å². The van der Waals surface area contributed by atoms with E-state index >= 15 is 0 Å². The van der Waals surface area contributed by atoms with Gasteiger partial charge in [-0.15, -0.1) is 0 Å². The van der Waals surface area contributed by atoms with Crippen molar-refractivity contribution in [3.63, 3.8) is 0 Å². The van der Waals surface area contributed by atoms with Crippen LogP contribution in [0.5, 0.6) is 0 Å². The van der Waals surface area contributed by atoms with E-state index in [0.717, 1.165) is 13.0 Å². The van der Waals surface area contributed by atoms with Crippen LogP contribution in [0, 0.1) is 11.8 Å². The molecule has 88 valence electrons. The van der Waals surface area contributed by atoms with Gasteiger partial charge < -0.3 is 5.32 Å². The maximum absolute atomic E-state index is 11.6. The van der Waals surface area contributed by atoms with Crippen LogP contribution >= 0.6 is 0 Å². The van der Waals surface area contributed by atoms with Crippen LogP contribution in [0.1, 0.15) is 58.8 Å². The summed E-state index contributed by atoms with van der Waals surface area (Å²) in [6.45, 7) is 5.09. The molecule has 0 aromatic heterocycles. The van der Waals surface area contributed by atoms with Gasteiger partial charge in [0, 0.05) is 13.0 Å². The summed E-state index contributed by atoms with van der Waals surface area (Å²) in [6, 6.07) is 0. The van der Waals surface area contributed by atoms with Gasteiger partial charge in [-0.3, -0.25) is 4.79 Å². The molecule has 1 aliphatic rings. The molecule has 1 N–H and O–H groups in total. The van der Waals surface area contributed by atoms with E-state index < -0.39 is 0 Å². The van der Waals surface area contributed by atoms with Crippen LogP contribution in [-0.4, -0.2) is 12.5 Å². The van der Waals surface area contributed by atoms with Crippen molar-refractivity contribution < 1.29 is 4.79 Å². The second kappa shape index (κ2) is 6.86. The molecule has 1 fully saturated rings. The molecule has 2 heteroatoms. The van der Waals surface area contributed by atoms with Gasteiger partial charge in [0.25, 0.3) is 0 Å². The minimum Gasteiger partial charge on any atom is -0.356 e. The first-order valence-electron chi connectivity index (χ1n) is 6.45. The fourth-order valence-electron chi connectivity index (χ4n) is 2.22. The lowest BCUT2D eigenvalue weighted by Gasteiger charge is -2.14. The van der Waals surface area contributed by atoms with Crippen LogP contribution in [0.15, 0.2) is 0 Å². The molecule has 0 aromatic rings. The standard InChI is InChI=1S/C13H25NO/c1-11(2)10-14-13(15)9-12-7-5-3-4-6-8-12/h11-12H,3-10H2,1-2H3,(H,14,15). The Bertz CT molecular complexity index is 181. The van der Waals surface area contributed by atoms with E-state index in [1.807, 2.05) is 0 Å². The highest BCUT2D eigenvalue weighted by atomic mass is 16.1. The smallest absolute Gasteiger partial charge is 0.220 e. The average Bonchev–Trinajstić information content (AvgIpc) is 2.43. The molecule has 1 aliphatic carbocycles. The van der Waals surface area contributed by atoms with Gasteiger partial charge in [-0.2, -0.15) is 0 Å². The zero-order valence-corrected chi connectivity index (χ0v) is 10.2. The lowest BCUT2D eigenvalue weighted by molar-refractivity contribution is -0.122. The predicted octanol–water partition coefficient (Wildman–Crippen LogP) is 3.12. The highest BCUT2D eigenvalue weighted by molar-refractivity contribution is 5.76. The van der Waals surface area contributed by atoms with Gasteiger partial charge in [0.15, 0.2) is 0 Å². The molecule has 0 bridgehead atoms. The Balaban J connectivity index is 2.17. The zero-order valence-electron chi connectivity index (χ0n) is 10.2. The molecular weight excluding hydrogens is 186 g/mol. The Morgan fingerprint density at radius 2 is 1.80 bits per heavy atom. The Kier molecular flexibility index (Phi) is 5.74. The van der Waals surface area contributed by atoms with E-state index in [2.05, 4.69) is 19.2 Å². The van der Waals surface area contributed by atoms with Crippen molar-refractivity contribution in [2.45, 2.75) is 58.8 Å². The van der Waals surface area contributed by atoms with Crippen molar-refractivity contribution in [3.8, 4) is 0 Å². The van der Waals surface area contributed by atoms with Crippen molar-refractivity contribution in [3.05, 3.63) is 0 Å². The number of carbonyl (C=O) groups is 1. The monoisotopic (exact) mass is 211 g/mol. The minimum atomic E-state index is 0.260. The van der Waals surface area contributed by atoms with Gasteiger partial charge in [-0.05, 0) is 24.7 Å². The first-order valence-corrected chi connectivity index (χ1v) is 6.45. The lowest BCUT2D eigenvalue weighted by Crippen LogP contribution is -2.28. The van der Waals surface area contributed by atoms with Crippen LogP contribution in [0.2, 0.25) is 0 Å². The molecular formula is C13H25NO. The van der Waals surface area contributed by atoms with Gasteiger partial charge in [-0.25, -0.2) is 0 Å². The van der Waals surface area contributed by atoms with E-state index in [9.17, 15) is 4.79 Å². The fraction of sp³-hybridized carbons (Fsp3) is 0.923. The lowest BCUT2D eigenvalue weighted by atomic mass is 9.96. The Morgan fingerprint density at radius 3 is 2.33 bits per heavy atom. The minimum absolute atomic E-state index is 0.260. The number of nitrogens with one attached hydrogen (secondary N) is 1. The van der Waals surface area contributed by atoms with Gasteiger partial charge in [0.1, 0.15) is 0 Å². The zero-order chi connectivity index (χ0) is 11.1. The second-order valence-electron chi connectivity index (χ2n) is 5.26. The Morgan fingerprint density at radius 1 is 1.20 bits per heavy atom. The SMILES string of the molecule is CC(C)CNC(=O)CC1CCCCCC1. The molecule has 0 aromatic carbocycles. The second-order valence-corrected chi connectivity index (χ2v) is 5.26. The average molecular weight is 211 g/mol. The van der Waals surface area contributed by atoms with E-state index in [-0.39, 0.29) is 5.91 Å². The van der Waals surface area contributed by atoms with Gasteiger partial charge in [0.2, 0.25) is 5.91 Å². The third-order valence-corrected chi connectivity index (χ3v) is 3.16. The van der Waals surface area contributed by atoms with Gasteiger partial charge in [0.05, 0.1) is 0 Å². The van der Waals surface area contributed by atoms with E-state index in [0.29, 0.717) is 11.8 Å². The van der Waals surface area contributed by atoms with Gasteiger partial charge in [-0.1, -0.05) is 39.5 Å². The van der Waals surface area contributed by atoms with Crippen molar-refractivity contribution >= 4 is 5.91 Å². The van der Waals surface area contributed by atoms with Crippen LogP contribution in [-0.2, 0) is 4.79 Å². The summed E-state index contributed by atoms with van der Waals surface area (Å²) in [5, 5.41) is 3.01. The summed E-state index contributed by atoms with van der Waals surface area (Å²) < 4.78 is 0. The molecule has 1 saturated carbocycles. The third-order valence-electron chi connectivity index (χ3n) is 3.16. The number of rotatable bonds is 4. The molecule has 1 rings (SSSR count). The molecule has 0 atom stereocenters. The first kappa shape index (κ1) is 12.5. The summed E-state index contributed by atoms with van der Waals surface area (Å²) >= 11 is 0. The molecule has 1 amide bonds. The highest BCUT2D eigenvalue weighted by Gasteiger charge is 2.15. The fourth-order valence-corrected chi connectivity index (χ4v) is 2.22. The maximum Gasteiger partial charge on any atom is 0.220 e. The van der Waals surface area contributed by atoms with Crippen LogP contribution in [0.4, 0.5) is 0 Å². The van der Waals surface area contributed by atoms with Crippen molar-refractivity contribution in [2.75, 3.05) is 6.54 Å². The Hall–Kier alpha value is -0.530. The predicted molar refractivity (Wildman–Crippen MR) is 63.7 cm³/mol. The van der Waals surface area contributed by atoms with Gasteiger partial charge >= 0.3 is 0 Å². The van der Waals surface area contributed by atoms with E-state index in [1.54, 1.807) is 0 Å². The van der Waals surface area contributed by atoms with Crippen molar-refractivity contribution in [2.24, 2.45) is 11.8 Å². The number of hydrogen-bond donors (Lipinski definition) is 1. The molecule has 0 aliphatic heterocycles. The summed E-state index contributed by atoms with van der Waals surface area (Å²) in [4.78, 5) is 11.6. The van der Waals surface area contributed by atoms with Crippen LogP contribution in [0.3, 0.4) is 0 Å².